The van der Waals surface area contributed by atoms with Gasteiger partial charge in [-0.05, 0) is 43.6 Å². The number of rotatable bonds is 2. The monoisotopic (exact) mass is 282 g/mol. The van der Waals surface area contributed by atoms with Gasteiger partial charge in [0.15, 0.2) is 11.7 Å². The molecule has 20 heavy (non-hydrogen) atoms. The van der Waals surface area contributed by atoms with Crippen LogP contribution < -0.4 is 0 Å². The van der Waals surface area contributed by atoms with Crippen molar-refractivity contribution in [2.75, 3.05) is 0 Å². The highest BCUT2D eigenvalue weighted by Crippen LogP contribution is 2.35. The van der Waals surface area contributed by atoms with E-state index in [9.17, 15) is 8.78 Å². The lowest BCUT2D eigenvalue weighted by atomic mass is 9.77. The molecule has 0 aromatic carbocycles. The van der Waals surface area contributed by atoms with E-state index in [0.29, 0.717) is 5.92 Å². The quantitative estimate of drug-likeness (QED) is 0.640. The van der Waals surface area contributed by atoms with Crippen molar-refractivity contribution in [2.24, 2.45) is 11.8 Å². The van der Waals surface area contributed by atoms with Crippen LogP contribution in [0.5, 0.6) is 0 Å². The van der Waals surface area contributed by atoms with Gasteiger partial charge in [0.25, 0.3) is 0 Å². The zero-order chi connectivity index (χ0) is 14.4. The Bertz CT molecular complexity index is 390. The van der Waals surface area contributed by atoms with Crippen LogP contribution in [0.25, 0.3) is 0 Å². The molecule has 0 N–H and O–H groups in total. The van der Waals surface area contributed by atoms with Gasteiger partial charge in [-0.25, -0.2) is 8.78 Å². The second-order valence-electron chi connectivity index (χ2n) is 5.85. The van der Waals surface area contributed by atoms with Gasteiger partial charge in [0, 0.05) is 0 Å². The van der Waals surface area contributed by atoms with E-state index in [-0.39, 0.29) is 6.10 Å². The molecule has 1 nitrogen and oxygen atoms in total. The molecule has 1 unspecified atom stereocenters. The van der Waals surface area contributed by atoms with Gasteiger partial charge in [0.05, 0.1) is 0 Å². The molecule has 2 rings (SSSR count). The number of hydrogen-bond acceptors (Lipinski definition) is 1. The summed E-state index contributed by atoms with van der Waals surface area (Å²) in [6.45, 7) is 2.24. The Morgan fingerprint density at radius 2 is 1.85 bits per heavy atom. The summed E-state index contributed by atoms with van der Waals surface area (Å²) in [4.78, 5) is 0. The van der Waals surface area contributed by atoms with Crippen LogP contribution in [0, 0.1) is 11.8 Å². The standard InChI is InChI=1S/C17H24F2O/c1-2-13-8-10-14(11-9-13)17-7-5-3-4-6-15(18)16(19)12-20-17/h3-4,6,12-14,17H,2,5,7-11H2,1H3/b4-3+,15-6+,16-12-. The van der Waals surface area contributed by atoms with Gasteiger partial charge >= 0.3 is 0 Å². The van der Waals surface area contributed by atoms with Gasteiger partial charge in [0.2, 0.25) is 0 Å². The molecule has 0 aromatic heterocycles. The highest BCUT2D eigenvalue weighted by atomic mass is 19.2. The minimum Gasteiger partial charge on any atom is -0.495 e. The van der Waals surface area contributed by atoms with Crippen molar-refractivity contribution in [3.8, 4) is 0 Å². The Labute approximate surface area is 120 Å². The third-order valence-electron chi connectivity index (χ3n) is 4.57. The second-order valence-corrected chi connectivity index (χ2v) is 5.85. The van der Waals surface area contributed by atoms with Crippen LogP contribution in [0.4, 0.5) is 8.78 Å². The van der Waals surface area contributed by atoms with E-state index in [0.717, 1.165) is 43.9 Å². The lowest BCUT2D eigenvalue weighted by Crippen LogP contribution is -2.27. The first-order valence-electron chi connectivity index (χ1n) is 7.74. The van der Waals surface area contributed by atoms with E-state index in [2.05, 4.69) is 6.92 Å². The Balaban J connectivity index is 1.99. The molecular weight excluding hydrogens is 258 g/mol. The van der Waals surface area contributed by atoms with E-state index in [1.807, 2.05) is 6.08 Å². The summed E-state index contributed by atoms with van der Waals surface area (Å²) in [5, 5.41) is 0. The summed E-state index contributed by atoms with van der Waals surface area (Å²) >= 11 is 0. The fourth-order valence-corrected chi connectivity index (χ4v) is 3.18. The molecule has 1 saturated carbocycles. The molecule has 1 aliphatic heterocycles. The van der Waals surface area contributed by atoms with Crippen LogP contribution in [-0.2, 0) is 4.74 Å². The molecule has 1 heterocycles. The number of halogens is 2. The van der Waals surface area contributed by atoms with Crippen molar-refractivity contribution in [3.63, 3.8) is 0 Å². The Hall–Kier alpha value is -1.12. The Morgan fingerprint density at radius 3 is 2.55 bits per heavy atom. The molecular formula is C17H24F2O. The van der Waals surface area contributed by atoms with Gasteiger partial charge in [0.1, 0.15) is 12.4 Å². The molecule has 0 spiro atoms. The van der Waals surface area contributed by atoms with Crippen molar-refractivity contribution in [3.05, 3.63) is 36.1 Å². The lowest BCUT2D eigenvalue weighted by Gasteiger charge is -2.33. The molecule has 1 aliphatic carbocycles. The molecule has 1 fully saturated rings. The number of ether oxygens (including phenoxy) is 1. The Morgan fingerprint density at radius 1 is 1.10 bits per heavy atom. The van der Waals surface area contributed by atoms with Gasteiger partial charge in [-0.1, -0.05) is 38.3 Å². The summed E-state index contributed by atoms with van der Waals surface area (Å²) in [5.74, 6) is -0.472. The predicted octanol–water partition coefficient (Wildman–Crippen LogP) is 5.60. The van der Waals surface area contributed by atoms with Crippen LogP contribution in [0.1, 0.15) is 51.9 Å². The van der Waals surface area contributed by atoms with Gasteiger partial charge in [-0.15, -0.1) is 0 Å². The first-order chi connectivity index (χ1) is 9.70. The van der Waals surface area contributed by atoms with E-state index >= 15 is 0 Å². The highest BCUT2D eigenvalue weighted by Gasteiger charge is 2.27. The van der Waals surface area contributed by atoms with Gasteiger partial charge in [-0.3, -0.25) is 0 Å². The molecule has 0 saturated heterocycles. The molecule has 3 heteroatoms. The molecule has 0 radical (unpaired) electrons. The maximum absolute atomic E-state index is 13.4. The SMILES string of the molecule is CCC1CCC(C2CC/C=C/C=C(F)\C(F)=C\O2)CC1. The summed E-state index contributed by atoms with van der Waals surface area (Å²) in [7, 11) is 0. The maximum Gasteiger partial charge on any atom is 0.193 e. The second kappa shape index (κ2) is 7.61. The fraction of sp³-hybridized carbons (Fsp3) is 0.647. The van der Waals surface area contributed by atoms with Crippen LogP contribution >= 0.6 is 0 Å². The van der Waals surface area contributed by atoms with Crippen molar-refractivity contribution >= 4 is 0 Å². The Kier molecular flexibility index (Phi) is 5.81. The van der Waals surface area contributed by atoms with Crippen LogP contribution in [0.2, 0.25) is 0 Å². The lowest BCUT2D eigenvalue weighted by molar-refractivity contribution is 0.0482. The summed E-state index contributed by atoms with van der Waals surface area (Å²) in [6, 6.07) is 0. The van der Waals surface area contributed by atoms with E-state index in [1.165, 1.54) is 19.3 Å². The molecule has 112 valence electrons. The van der Waals surface area contributed by atoms with E-state index in [4.69, 9.17) is 4.74 Å². The third kappa shape index (κ3) is 4.19. The largest absolute Gasteiger partial charge is 0.495 e. The van der Waals surface area contributed by atoms with Crippen molar-refractivity contribution in [1.82, 2.24) is 0 Å². The molecule has 0 amide bonds. The summed E-state index contributed by atoms with van der Waals surface area (Å²) in [6.07, 6.45) is 13.3. The summed E-state index contributed by atoms with van der Waals surface area (Å²) < 4.78 is 32.3. The maximum atomic E-state index is 13.4. The molecule has 2 aliphatic rings. The zero-order valence-electron chi connectivity index (χ0n) is 12.2. The van der Waals surface area contributed by atoms with Gasteiger partial charge < -0.3 is 4.74 Å². The molecule has 0 aromatic rings. The normalized spacial score (nSPS) is 38.9. The first-order valence-corrected chi connectivity index (χ1v) is 7.74. The third-order valence-corrected chi connectivity index (χ3v) is 4.57. The topological polar surface area (TPSA) is 9.23 Å². The average molecular weight is 282 g/mol. The fourth-order valence-electron chi connectivity index (χ4n) is 3.18. The summed E-state index contributed by atoms with van der Waals surface area (Å²) in [5.41, 5.74) is 0. The smallest absolute Gasteiger partial charge is 0.193 e. The predicted molar refractivity (Wildman–Crippen MR) is 77.4 cm³/mol. The first kappa shape index (κ1) is 15.3. The van der Waals surface area contributed by atoms with Crippen molar-refractivity contribution < 1.29 is 13.5 Å². The van der Waals surface area contributed by atoms with Crippen molar-refractivity contribution in [1.29, 1.82) is 0 Å². The number of allylic oxidation sites excluding steroid dienone is 5. The van der Waals surface area contributed by atoms with E-state index in [1.54, 1.807) is 6.08 Å². The highest BCUT2D eigenvalue weighted by molar-refractivity contribution is 5.22. The number of hydrogen-bond donors (Lipinski definition) is 0. The molecule has 1 atom stereocenters. The minimum atomic E-state index is -0.913. The van der Waals surface area contributed by atoms with Crippen LogP contribution in [-0.4, -0.2) is 6.10 Å². The molecule has 0 bridgehead atoms. The van der Waals surface area contributed by atoms with Gasteiger partial charge in [-0.2, -0.15) is 0 Å². The van der Waals surface area contributed by atoms with Crippen LogP contribution in [0.3, 0.4) is 0 Å². The van der Waals surface area contributed by atoms with E-state index < -0.39 is 11.7 Å². The average Bonchev–Trinajstić information content (AvgIpc) is 2.49. The van der Waals surface area contributed by atoms with Crippen LogP contribution in [0.15, 0.2) is 36.1 Å². The zero-order valence-corrected chi connectivity index (χ0v) is 12.2. The minimum absolute atomic E-state index is 0.00843. The van der Waals surface area contributed by atoms with Crippen molar-refractivity contribution in [2.45, 2.75) is 58.0 Å².